The molecule has 0 spiro atoms. The summed E-state index contributed by atoms with van der Waals surface area (Å²) in [5, 5.41) is 22.1. The smallest absolute Gasteiger partial charge is 0.224 e. The maximum atomic E-state index is 9.58. The molecule has 0 atom stereocenters. The SMILES string of the molecule is OCC1(Nc2nc(Cl)ncc2O)CCCC1. The molecule has 0 unspecified atom stereocenters. The average Bonchev–Trinajstić information content (AvgIpc) is 2.73. The molecule has 1 aliphatic rings. The van der Waals surface area contributed by atoms with E-state index in [1.165, 1.54) is 6.20 Å². The van der Waals surface area contributed by atoms with Crippen LogP contribution in [-0.2, 0) is 0 Å². The standard InChI is InChI=1S/C10H14ClN3O2/c11-9-12-5-7(16)8(13-9)14-10(6-15)3-1-2-4-10/h5,15-16H,1-4,6H2,(H,12,13,14). The summed E-state index contributed by atoms with van der Waals surface area (Å²) < 4.78 is 0. The molecule has 0 aromatic carbocycles. The van der Waals surface area contributed by atoms with Gasteiger partial charge in [0.2, 0.25) is 5.28 Å². The summed E-state index contributed by atoms with van der Waals surface area (Å²) in [6, 6.07) is 0. The molecule has 0 aliphatic heterocycles. The van der Waals surface area contributed by atoms with E-state index in [-0.39, 0.29) is 29.0 Å². The zero-order chi connectivity index (χ0) is 11.6. The largest absolute Gasteiger partial charge is 0.503 e. The molecule has 1 saturated carbocycles. The number of nitrogens with one attached hydrogen (secondary N) is 1. The topological polar surface area (TPSA) is 78.3 Å². The lowest BCUT2D eigenvalue weighted by Crippen LogP contribution is -2.39. The Kier molecular flexibility index (Phi) is 3.16. The highest BCUT2D eigenvalue weighted by molar-refractivity contribution is 6.28. The van der Waals surface area contributed by atoms with Crippen LogP contribution in [0.4, 0.5) is 5.82 Å². The van der Waals surface area contributed by atoms with Crippen LogP contribution < -0.4 is 5.32 Å². The van der Waals surface area contributed by atoms with Crippen LogP contribution in [0.1, 0.15) is 25.7 Å². The fourth-order valence-electron chi connectivity index (χ4n) is 2.07. The van der Waals surface area contributed by atoms with E-state index in [1.807, 2.05) is 0 Å². The molecule has 0 saturated heterocycles. The van der Waals surface area contributed by atoms with Crippen LogP contribution in [0.2, 0.25) is 5.28 Å². The third-order valence-electron chi connectivity index (χ3n) is 2.99. The molecule has 1 aliphatic carbocycles. The van der Waals surface area contributed by atoms with E-state index in [0.717, 1.165) is 25.7 Å². The molecule has 1 heterocycles. The van der Waals surface area contributed by atoms with E-state index < -0.39 is 0 Å². The lowest BCUT2D eigenvalue weighted by molar-refractivity contribution is 0.213. The van der Waals surface area contributed by atoms with Crippen LogP contribution in [-0.4, -0.2) is 32.3 Å². The Balaban J connectivity index is 2.21. The molecule has 3 N–H and O–H groups in total. The third-order valence-corrected chi connectivity index (χ3v) is 3.17. The first kappa shape index (κ1) is 11.4. The second-order valence-electron chi connectivity index (χ2n) is 4.14. The third kappa shape index (κ3) is 2.20. The van der Waals surface area contributed by atoms with E-state index in [0.29, 0.717) is 0 Å². The Morgan fingerprint density at radius 1 is 1.44 bits per heavy atom. The van der Waals surface area contributed by atoms with Crippen LogP contribution in [0.15, 0.2) is 6.20 Å². The molecule has 1 aromatic heterocycles. The minimum absolute atomic E-state index is 0.0219. The molecule has 6 heteroatoms. The van der Waals surface area contributed by atoms with Gasteiger partial charge in [0.25, 0.3) is 0 Å². The van der Waals surface area contributed by atoms with Crippen molar-refractivity contribution in [1.82, 2.24) is 9.97 Å². The van der Waals surface area contributed by atoms with Gasteiger partial charge in [0.05, 0.1) is 18.3 Å². The quantitative estimate of drug-likeness (QED) is 0.702. The van der Waals surface area contributed by atoms with Gasteiger partial charge in [-0.25, -0.2) is 4.98 Å². The minimum Gasteiger partial charge on any atom is -0.503 e. The fourth-order valence-corrected chi connectivity index (χ4v) is 2.20. The zero-order valence-electron chi connectivity index (χ0n) is 8.78. The average molecular weight is 244 g/mol. The predicted octanol–water partition coefficient (Wildman–Crippen LogP) is 1.55. The van der Waals surface area contributed by atoms with Gasteiger partial charge in [-0.05, 0) is 24.4 Å². The number of aliphatic hydroxyl groups is 1. The monoisotopic (exact) mass is 243 g/mol. The highest BCUT2D eigenvalue weighted by atomic mass is 35.5. The first-order chi connectivity index (χ1) is 7.65. The molecule has 16 heavy (non-hydrogen) atoms. The molecule has 0 amide bonds. The molecule has 0 radical (unpaired) electrons. The van der Waals surface area contributed by atoms with Gasteiger partial charge in [-0.2, -0.15) is 4.98 Å². The van der Waals surface area contributed by atoms with Gasteiger partial charge in [0, 0.05) is 0 Å². The lowest BCUT2D eigenvalue weighted by atomic mass is 9.99. The van der Waals surface area contributed by atoms with Crippen molar-refractivity contribution in [2.45, 2.75) is 31.2 Å². The summed E-state index contributed by atoms with van der Waals surface area (Å²) in [6.07, 6.45) is 5.10. The predicted molar refractivity (Wildman–Crippen MR) is 60.6 cm³/mol. The van der Waals surface area contributed by atoms with E-state index >= 15 is 0 Å². The Morgan fingerprint density at radius 3 is 2.75 bits per heavy atom. The number of rotatable bonds is 3. The first-order valence-corrected chi connectivity index (χ1v) is 5.64. The number of hydrogen-bond donors (Lipinski definition) is 3. The molecular formula is C10H14ClN3O2. The zero-order valence-corrected chi connectivity index (χ0v) is 9.54. The van der Waals surface area contributed by atoms with Gasteiger partial charge in [-0.1, -0.05) is 12.8 Å². The van der Waals surface area contributed by atoms with E-state index in [9.17, 15) is 10.2 Å². The van der Waals surface area contributed by atoms with Crippen molar-refractivity contribution in [2.24, 2.45) is 0 Å². The number of hydrogen-bond acceptors (Lipinski definition) is 5. The normalized spacial score (nSPS) is 18.6. The van der Waals surface area contributed by atoms with Gasteiger partial charge in [0.1, 0.15) is 0 Å². The summed E-state index contributed by atoms with van der Waals surface area (Å²) in [6.45, 7) is 0.0219. The summed E-state index contributed by atoms with van der Waals surface area (Å²) in [5.74, 6) is 0.236. The van der Waals surface area contributed by atoms with E-state index in [1.54, 1.807) is 0 Å². The van der Waals surface area contributed by atoms with Crippen molar-refractivity contribution >= 4 is 17.4 Å². The van der Waals surface area contributed by atoms with Gasteiger partial charge >= 0.3 is 0 Å². The number of aromatic hydroxyl groups is 1. The van der Waals surface area contributed by atoms with E-state index in [4.69, 9.17) is 11.6 Å². The number of nitrogens with zero attached hydrogens (tertiary/aromatic N) is 2. The van der Waals surface area contributed by atoms with Crippen molar-refractivity contribution in [3.05, 3.63) is 11.5 Å². The van der Waals surface area contributed by atoms with Crippen molar-refractivity contribution in [1.29, 1.82) is 0 Å². The van der Waals surface area contributed by atoms with E-state index in [2.05, 4.69) is 15.3 Å². The highest BCUT2D eigenvalue weighted by Crippen LogP contribution is 2.34. The van der Waals surface area contributed by atoms with Crippen molar-refractivity contribution in [3.63, 3.8) is 0 Å². The summed E-state index contributed by atoms with van der Waals surface area (Å²) >= 11 is 5.66. The Hall–Kier alpha value is -1.07. The number of anilines is 1. The van der Waals surface area contributed by atoms with Crippen LogP contribution >= 0.6 is 11.6 Å². The minimum atomic E-state index is -0.380. The van der Waals surface area contributed by atoms with Gasteiger partial charge in [-0.15, -0.1) is 0 Å². The maximum Gasteiger partial charge on any atom is 0.224 e. The molecule has 1 aromatic rings. The number of halogens is 1. The molecule has 5 nitrogen and oxygen atoms in total. The number of aliphatic hydroxyl groups excluding tert-OH is 1. The summed E-state index contributed by atoms with van der Waals surface area (Å²) in [7, 11) is 0. The van der Waals surface area contributed by atoms with Gasteiger partial charge in [0.15, 0.2) is 11.6 Å². The molecular weight excluding hydrogens is 230 g/mol. The van der Waals surface area contributed by atoms with Crippen molar-refractivity contribution in [3.8, 4) is 5.75 Å². The van der Waals surface area contributed by atoms with Gasteiger partial charge < -0.3 is 15.5 Å². The lowest BCUT2D eigenvalue weighted by Gasteiger charge is -2.28. The number of aromatic nitrogens is 2. The Morgan fingerprint density at radius 2 is 2.12 bits per heavy atom. The first-order valence-electron chi connectivity index (χ1n) is 5.26. The van der Waals surface area contributed by atoms with Crippen LogP contribution in [0.25, 0.3) is 0 Å². The molecule has 2 rings (SSSR count). The van der Waals surface area contributed by atoms with Crippen LogP contribution in [0.3, 0.4) is 0 Å². The van der Waals surface area contributed by atoms with Crippen molar-refractivity contribution in [2.75, 3.05) is 11.9 Å². The maximum absolute atomic E-state index is 9.58. The Bertz CT molecular complexity index is 380. The molecule has 1 fully saturated rings. The van der Waals surface area contributed by atoms with Crippen molar-refractivity contribution < 1.29 is 10.2 Å². The van der Waals surface area contributed by atoms with Crippen LogP contribution in [0, 0.1) is 0 Å². The fraction of sp³-hybridized carbons (Fsp3) is 0.600. The second kappa shape index (κ2) is 4.43. The summed E-state index contributed by atoms with van der Waals surface area (Å²) in [4.78, 5) is 7.58. The molecule has 0 bridgehead atoms. The second-order valence-corrected chi connectivity index (χ2v) is 4.48. The Labute approximate surface area is 98.5 Å². The summed E-state index contributed by atoms with van der Waals surface area (Å²) in [5.41, 5.74) is -0.380. The van der Waals surface area contributed by atoms with Gasteiger partial charge in [-0.3, -0.25) is 0 Å². The highest BCUT2D eigenvalue weighted by Gasteiger charge is 2.34. The molecule has 88 valence electrons. The van der Waals surface area contributed by atoms with Crippen LogP contribution in [0.5, 0.6) is 5.75 Å².